The molecule has 0 saturated carbocycles. The third-order valence-corrected chi connectivity index (χ3v) is 5.81. The number of benzene rings is 1. The van der Waals surface area contributed by atoms with Crippen LogP contribution in [-0.2, 0) is 10.0 Å². The number of rotatable bonds is 4. The molecule has 0 saturated heterocycles. The number of ether oxygens (including phenoxy) is 1. The molecule has 132 valence electrons. The zero-order valence-corrected chi connectivity index (χ0v) is 15.2. The normalized spacial score (nSPS) is 12.0. The molecule has 0 aliphatic heterocycles. The van der Waals surface area contributed by atoms with Crippen molar-refractivity contribution >= 4 is 21.5 Å². The zero-order valence-electron chi connectivity index (χ0n) is 14.4. The van der Waals surface area contributed by atoms with Gasteiger partial charge >= 0.3 is 0 Å². The molecule has 0 atom stereocenters. The molecule has 1 aromatic carbocycles. The van der Waals surface area contributed by atoms with E-state index in [2.05, 4.69) is 10.1 Å². The first kappa shape index (κ1) is 17.2. The van der Waals surface area contributed by atoms with Gasteiger partial charge in [0, 0.05) is 31.4 Å². The highest BCUT2D eigenvalue weighted by Crippen LogP contribution is 2.31. The summed E-state index contributed by atoms with van der Waals surface area (Å²) in [6, 6.07) is 6.70. The second-order valence-electron chi connectivity index (χ2n) is 5.74. The molecule has 0 unspecified atom stereocenters. The van der Waals surface area contributed by atoms with Crippen LogP contribution < -0.4 is 10.5 Å². The summed E-state index contributed by atoms with van der Waals surface area (Å²) in [5.41, 5.74) is 8.50. The molecule has 3 aromatic rings. The van der Waals surface area contributed by atoms with Crippen molar-refractivity contribution in [3.05, 3.63) is 36.0 Å². The molecule has 2 heterocycles. The van der Waals surface area contributed by atoms with E-state index in [4.69, 9.17) is 10.5 Å². The molecule has 0 aliphatic carbocycles. The maximum atomic E-state index is 12.6. The number of nitrogens with zero attached hydrogens (tertiary/aromatic N) is 4. The molecule has 0 amide bonds. The van der Waals surface area contributed by atoms with Crippen LogP contribution >= 0.6 is 0 Å². The average molecular weight is 361 g/mol. The number of methoxy groups -OCH3 is 1. The van der Waals surface area contributed by atoms with Crippen molar-refractivity contribution in [2.75, 3.05) is 26.9 Å². The number of anilines is 1. The summed E-state index contributed by atoms with van der Waals surface area (Å²) < 4.78 is 33.1. The average Bonchev–Trinajstić information content (AvgIpc) is 2.88. The van der Waals surface area contributed by atoms with Crippen LogP contribution in [0.4, 0.5) is 5.82 Å². The Kier molecular flexibility index (Phi) is 4.13. The van der Waals surface area contributed by atoms with Crippen molar-refractivity contribution in [3.63, 3.8) is 0 Å². The molecule has 9 heteroatoms. The van der Waals surface area contributed by atoms with Crippen LogP contribution in [0, 0.1) is 6.92 Å². The lowest BCUT2D eigenvalue weighted by atomic mass is 10.1. The highest BCUT2D eigenvalue weighted by Gasteiger charge is 2.23. The van der Waals surface area contributed by atoms with Gasteiger partial charge in [0.15, 0.2) is 11.5 Å². The van der Waals surface area contributed by atoms with Crippen LogP contribution in [0.5, 0.6) is 5.75 Å². The molecule has 3 rings (SSSR count). The van der Waals surface area contributed by atoms with E-state index in [1.165, 1.54) is 21.2 Å². The Labute approximate surface area is 145 Å². The number of hydrogen-bond donors (Lipinski definition) is 1. The molecule has 0 bridgehead atoms. The first-order valence-electron chi connectivity index (χ1n) is 7.48. The van der Waals surface area contributed by atoms with Gasteiger partial charge in [-0.05, 0) is 31.2 Å². The lowest BCUT2D eigenvalue weighted by Gasteiger charge is -2.15. The summed E-state index contributed by atoms with van der Waals surface area (Å²) in [5.74, 6) is 0.693. The SMILES string of the molecule is COc1ccc(-c2ccn3nc(N)c(C)c3n2)cc1S(=O)(=O)N(C)C. The number of sulfonamides is 1. The van der Waals surface area contributed by atoms with E-state index in [1.807, 2.05) is 6.92 Å². The fraction of sp³-hybridized carbons (Fsp3) is 0.250. The molecule has 8 nitrogen and oxygen atoms in total. The third kappa shape index (κ3) is 2.81. The van der Waals surface area contributed by atoms with Crippen molar-refractivity contribution in [1.82, 2.24) is 18.9 Å². The minimum atomic E-state index is -3.65. The predicted molar refractivity (Wildman–Crippen MR) is 95.0 cm³/mol. The van der Waals surface area contributed by atoms with E-state index in [9.17, 15) is 8.42 Å². The molecule has 2 aromatic heterocycles. The van der Waals surface area contributed by atoms with Crippen molar-refractivity contribution in [1.29, 1.82) is 0 Å². The van der Waals surface area contributed by atoms with Crippen LogP contribution in [0.1, 0.15) is 5.56 Å². The number of fused-ring (bicyclic) bond motifs is 1. The van der Waals surface area contributed by atoms with E-state index in [-0.39, 0.29) is 10.6 Å². The first-order valence-corrected chi connectivity index (χ1v) is 8.92. The van der Waals surface area contributed by atoms with Crippen LogP contribution in [0.25, 0.3) is 16.9 Å². The fourth-order valence-corrected chi connectivity index (χ4v) is 3.53. The number of nitrogens with two attached hydrogens (primary N) is 1. The quantitative estimate of drug-likeness (QED) is 0.756. The van der Waals surface area contributed by atoms with Crippen molar-refractivity contribution in [2.24, 2.45) is 0 Å². The zero-order chi connectivity index (χ0) is 18.4. The van der Waals surface area contributed by atoms with Crippen LogP contribution in [0.3, 0.4) is 0 Å². The summed E-state index contributed by atoms with van der Waals surface area (Å²) in [6.07, 6.45) is 1.74. The van der Waals surface area contributed by atoms with E-state index < -0.39 is 10.0 Å². The van der Waals surface area contributed by atoms with Gasteiger partial charge < -0.3 is 10.5 Å². The van der Waals surface area contributed by atoms with Gasteiger partial charge in [-0.1, -0.05) is 0 Å². The standard InChI is InChI=1S/C16H19N5O3S/c1-10-15(17)19-21-8-7-12(18-16(10)21)11-5-6-13(24-4)14(9-11)25(22,23)20(2)3/h5-9H,1-4H3,(H2,17,19). The lowest BCUT2D eigenvalue weighted by Crippen LogP contribution is -2.22. The smallest absolute Gasteiger partial charge is 0.246 e. The molecule has 0 spiro atoms. The van der Waals surface area contributed by atoms with Gasteiger partial charge in [0.05, 0.1) is 12.8 Å². The number of aromatic nitrogens is 3. The Morgan fingerprint density at radius 3 is 2.60 bits per heavy atom. The monoisotopic (exact) mass is 361 g/mol. The maximum absolute atomic E-state index is 12.6. The minimum absolute atomic E-state index is 0.0870. The van der Waals surface area contributed by atoms with E-state index in [0.717, 1.165) is 9.87 Å². The van der Waals surface area contributed by atoms with E-state index in [1.54, 1.807) is 35.0 Å². The van der Waals surface area contributed by atoms with Crippen molar-refractivity contribution < 1.29 is 13.2 Å². The summed E-state index contributed by atoms with van der Waals surface area (Å²) in [6.45, 7) is 1.84. The Morgan fingerprint density at radius 1 is 1.24 bits per heavy atom. The highest BCUT2D eigenvalue weighted by atomic mass is 32.2. The van der Waals surface area contributed by atoms with Gasteiger partial charge in [-0.25, -0.2) is 22.2 Å². The van der Waals surface area contributed by atoms with Crippen LogP contribution in [0.15, 0.2) is 35.4 Å². The number of aryl methyl sites for hydroxylation is 1. The minimum Gasteiger partial charge on any atom is -0.495 e. The molecular weight excluding hydrogens is 342 g/mol. The molecule has 0 fully saturated rings. The first-order chi connectivity index (χ1) is 11.8. The largest absolute Gasteiger partial charge is 0.495 e. The van der Waals surface area contributed by atoms with Crippen LogP contribution in [-0.4, -0.2) is 48.5 Å². The second-order valence-corrected chi connectivity index (χ2v) is 7.86. The van der Waals surface area contributed by atoms with Gasteiger partial charge in [0.1, 0.15) is 10.6 Å². The van der Waals surface area contributed by atoms with Gasteiger partial charge in [-0.2, -0.15) is 0 Å². The molecule has 2 N–H and O–H groups in total. The Balaban J connectivity index is 2.20. The van der Waals surface area contributed by atoms with E-state index in [0.29, 0.717) is 22.7 Å². The summed E-state index contributed by atoms with van der Waals surface area (Å²) in [5, 5.41) is 4.16. The summed E-state index contributed by atoms with van der Waals surface area (Å²) in [4.78, 5) is 4.65. The summed E-state index contributed by atoms with van der Waals surface area (Å²) in [7, 11) is 0.736. The Bertz CT molecular complexity index is 1060. The Morgan fingerprint density at radius 2 is 1.96 bits per heavy atom. The second kappa shape index (κ2) is 6.01. The highest BCUT2D eigenvalue weighted by molar-refractivity contribution is 7.89. The predicted octanol–water partition coefficient (Wildman–Crippen LogP) is 1.55. The van der Waals surface area contributed by atoms with Gasteiger partial charge in [-0.15, -0.1) is 5.10 Å². The van der Waals surface area contributed by atoms with Crippen molar-refractivity contribution in [2.45, 2.75) is 11.8 Å². The van der Waals surface area contributed by atoms with Crippen molar-refractivity contribution in [3.8, 4) is 17.0 Å². The van der Waals surface area contributed by atoms with Crippen LogP contribution in [0.2, 0.25) is 0 Å². The number of hydrogen-bond acceptors (Lipinski definition) is 6. The molecular formula is C16H19N5O3S. The maximum Gasteiger partial charge on any atom is 0.246 e. The third-order valence-electron chi connectivity index (χ3n) is 3.97. The van der Waals surface area contributed by atoms with Gasteiger partial charge in [-0.3, -0.25) is 0 Å². The molecule has 0 radical (unpaired) electrons. The fourth-order valence-electron chi connectivity index (χ4n) is 2.45. The lowest BCUT2D eigenvalue weighted by molar-refractivity contribution is 0.400. The molecule has 25 heavy (non-hydrogen) atoms. The summed E-state index contributed by atoms with van der Waals surface area (Å²) >= 11 is 0. The van der Waals surface area contributed by atoms with Gasteiger partial charge in [0.25, 0.3) is 0 Å². The molecule has 0 aliphatic rings. The topological polar surface area (TPSA) is 103 Å². The Hall–Kier alpha value is -2.65. The van der Waals surface area contributed by atoms with Gasteiger partial charge in [0.2, 0.25) is 10.0 Å². The van der Waals surface area contributed by atoms with E-state index >= 15 is 0 Å². The number of nitrogen functional groups attached to an aromatic ring is 1.